The average molecular weight is 223 g/mol. The van der Waals surface area contributed by atoms with Crippen LogP contribution in [0.15, 0.2) is 16.7 Å². The van der Waals surface area contributed by atoms with E-state index in [1.165, 1.54) is 6.26 Å². The van der Waals surface area contributed by atoms with Gasteiger partial charge in [-0.05, 0) is 32.8 Å². The second kappa shape index (κ2) is 3.94. The van der Waals surface area contributed by atoms with Gasteiger partial charge in [-0.15, -0.1) is 0 Å². The van der Waals surface area contributed by atoms with E-state index in [0.717, 1.165) is 18.4 Å². The molecule has 1 N–H and O–H groups in total. The summed E-state index contributed by atoms with van der Waals surface area (Å²) < 4.78 is 5.17. The monoisotopic (exact) mass is 223 g/mol. The topological polar surface area (TPSA) is 53.7 Å². The van der Waals surface area contributed by atoms with Gasteiger partial charge in [0, 0.05) is 18.7 Å². The van der Waals surface area contributed by atoms with Gasteiger partial charge in [0.15, 0.2) is 5.76 Å². The largest absolute Gasteiger partial charge is 0.459 e. The van der Waals surface area contributed by atoms with Crippen molar-refractivity contribution < 1.29 is 14.3 Å². The highest BCUT2D eigenvalue weighted by molar-refractivity contribution is 5.92. The van der Waals surface area contributed by atoms with Crippen molar-refractivity contribution in [3.05, 3.63) is 23.7 Å². The number of carbonyl (C=O) groups is 1. The standard InChI is InChI=1S/C12H17NO3/c1-9-4-7-16-10(9)11(14)13-6-3-5-12(2,15)8-13/h4,7,15H,3,5-6,8H2,1-2H3. The molecule has 16 heavy (non-hydrogen) atoms. The molecule has 1 fully saturated rings. The maximum atomic E-state index is 12.1. The number of rotatable bonds is 1. The zero-order chi connectivity index (χ0) is 11.8. The highest BCUT2D eigenvalue weighted by Gasteiger charge is 2.32. The van der Waals surface area contributed by atoms with Crippen molar-refractivity contribution in [3.63, 3.8) is 0 Å². The van der Waals surface area contributed by atoms with Crippen LogP contribution < -0.4 is 0 Å². The Balaban J connectivity index is 2.14. The molecule has 0 saturated carbocycles. The Bertz CT molecular complexity index is 395. The van der Waals surface area contributed by atoms with E-state index < -0.39 is 5.60 Å². The molecule has 4 nitrogen and oxygen atoms in total. The number of furan rings is 1. The normalized spacial score (nSPS) is 25.8. The Kier molecular flexibility index (Phi) is 2.76. The lowest BCUT2D eigenvalue weighted by molar-refractivity contribution is -0.0117. The average Bonchev–Trinajstić information content (AvgIpc) is 2.62. The van der Waals surface area contributed by atoms with E-state index in [1.807, 2.05) is 6.92 Å². The van der Waals surface area contributed by atoms with Crippen LogP contribution >= 0.6 is 0 Å². The number of β-amino-alcohol motifs (C(OH)–C–C–N with tert-alkyl or cyclic N) is 1. The molecule has 1 saturated heterocycles. The molecule has 0 radical (unpaired) electrons. The van der Waals surface area contributed by atoms with Crippen molar-refractivity contribution in [2.75, 3.05) is 13.1 Å². The molecule has 1 aliphatic heterocycles. The van der Waals surface area contributed by atoms with Gasteiger partial charge in [-0.2, -0.15) is 0 Å². The zero-order valence-corrected chi connectivity index (χ0v) is 9.69. The summed E-state index contributed by atoms with van der Waals surface area (Å²) in [6.45, 7) is 4.68. The van der Waals surface area contributed by atoms with Gasteiger partial charge in [0.25, 0.3) is 5.91 Å². The number of likely N-dealkylation sites (tertiary alicyclic amines) is 1. The summed E-state index contributed by atoms with van der Waals surface area (Å²) >= 11 is 0. The summed E-state index contributed by atoms with van der Waals surface area (Å²) in [6, 6.07) is 1.77. The minimum atomic E-state index is -0.769. The summed E-state index contributed by atoms with van der Waals surface area (Å²) in [7, 11) is 0. The van der Waals surface area contributed by atoms with Crippen molar-refractivity contribution in [1.82, 2.24) is 4.90 Å². The Morgan fingerprint density at radius 2 is 2.38 bits per heavy atom. The molecule has 1 aromatic heterocycles. The molecule has 0 bridgehead atoms. The van der Waals surface area contributed by atoms with Crippen LogP contribution in [0.3, 0.4) is 0 Å². The van der Waals surface area contributed by atoms with Gasteiger partial charge in [0.2, 0.25) is 0 Å². The Hall–Kier alpha value is -1.29. The molecule has 0 spiro atoms. The number of aliphatic hydroxyl groups is 1. The number of nitrogens with zero attached hydrogens (tertiary/aromatic N) is 1. The molecular weight excluding hydrogens is 206 g/mol. The lowest BCUT2D eigenvalue weighted by atomic mass is 9.95. The molecule has 4 heteroatoms. The minimum absolute atomic E-state index is 0.123. The number of aryl methyl sites for hydroxylation is 1. The molecule has 1 unspecified atom stereocenters. The molecule has 2 heterocycles. The summed E-state index contributed by atoms with van der Waals surface area (Å²) in [5.74, 6) is 0.264. The Morgan fingerprint density at radius 3 is 2.94 bits per heavy atom. The van der Waals surface area contributed by atoms with E-state index in [4.69, 9.17) is 4.42 Å². The van der Waals surface area contributed by atoms with Gasteiger partial charge in [0.05, 0.1) is 11.9 Å². The van der Waals surface area contributed by atoms with Gasteiger partial charge < -0.3 is 14.4 Å². The van der Waals surface area contributed by atoms with Crippen LogP contribution in [0.4, 0.5) is 0 Å². The van der Waals surface area contributed by atoms with Crippen LogP contribution in [0.1, 0.15) is 35.9 Å². The quantitative estimate of drug-likeness (QED) is 0.786. The van der Waals surface area contributed by atoms with Crippen LogP contribution in [0, 0.1) is 6.92 Å². The van der Waals surface area contributed by atoms with E-state index in [2.05, 4.69) is 0 Å². The molecule has 1 atom stereocenters. The third kappa shape index (κ3) is 2.11. The van der Waals surface area contributed by atoms with E-state index in [-0.39, 0.29) is 5.91 Å². The highest BCUT2D eigenvalue weighted by atomic mass is 16.3. The van der Waals surface area contributed by atoms with Crippen LogP contribution in [-0.4, -0.2) is 34.6 Å². The fourth-order valence-electron chi connectivity index (χ4n) is 2.13. The van der Waals surface area contributed by atoms with E-state index in [1.54, 1.807) is 17.9 Å². The number of amides is 1. The first-order valence-corrected chi connectivity index (χ1v) is 5.55. The molecule has 1 amide bonds. The summed E-state index contributed by atoms with van der Waals surface area (Å²) in [5.41, 5.74) is 0.0734. The Labute approximate surface area is 94.9 Å². The lowest BCUT2D eigenvalue weighted by Gasteiger charge is -2.36. The van der Waals surface area contributed by atoms with E-state index >= 15 is 0 Å². The molecule has 0 aromatic carbocycles. The summed E-state index contributed by atoms with van der Waals surface area (Å²) in [4.78, 5) is 13.8. The third-order valence-corrected chi connectivity index (χ3v) is 3.02. The van der Waals surface area contributed by atoms with Gasteiger partial charge in [-0.1, -0.05) is 0 Å². The molecule has 2 rings (SSSR count). The zero-order valence-electron chi connectivity index (χ0n) is 9.69. The second-order valence-electron chi connectivity index (χ2n) is 4.76. The fraction of sp³-hybridized carbons (Fsp3) is 0.583. The van der Waals surface area contributed by atoms with E-state index in [0.29, 0.717) is 18.8 Å². The molecule has 1 aromatic rings. The molecule has 88 valence electrons. The lowest BCUT2D eigenvalue weighted by Crippen LogP contribution is -2.48. The second-order valence-corrected chi connectivity index (χ2v) is 4.76. The van der Waals surface area contributed by atoms with Crippen molar-refractivity contribution >= 4 is 5.91 Å². The molecule has 0 aliphatic carbocycles. The maximum absolute atomic E-state index is 12.1. The summed E-state index contributed by atoms with van der Waals surface area (Å²) in [5, 5.41) is 9.94. The minimum Gasteiger partial charge on any atom is -0.459 e. The van der Waals surface area contributed by atoms with Crippen molar-refractivity contribution in [2.45, 2.75) is 32.3 Å². The van der Waals surface area contributed by atoms with E-state index in [9.17, 15) is 9.90 Å². The Morgan fingerprint density at radius 1 is 1.62 bits per heavy atom. The van der Waals surface area contributed by atoms with Gasteiger partial charge in [-0.3, -0.25) is 4.79 Å². The maximum Gasteiger partial charge on any atom is 0.289 e. The van der Waals surface area contributed by atoms with Crippen molar-refractivity contribution in [2.24, 2.45) is 0 Å². The van der Waals surface area contributed by atoms with Gasteiger partial charge >= 0.3 is 0 Å². The first-order chi connectivity index (χ1) is 7.49. The van der Waals surface area contributed by atoms with Crippen LogP contribution in [0.2, 0.25) is 0 Å². The molecule has 1 aliphatic rings. The van der Waals surface area contributed by atoms with Crippen molar-refractivity contribution in [3.8, 4) is 0 Å². The molecular formula is C12H17NO3. The SMILES string of the molecule is Cc1ccoc1C(=O)N1CCCC(C)(O)C1. The van der Waals surface area contributed by atoms with Crippen molar-refractivity contribution in [1.29, 1.82) is 0 Å². The number of piperidine rings is 1. The predicted octanol–water partition coefficient (Wildman–Crippen LogP) is 1.58. The third-order valence-electron chi connectivity index (χ3n) is 3.02. The smallest absolute Gasteiger partial charge is 0.289 e. The number of carbonyl (C=O) groups excluding carboxylic acids is 1. The highest BCUT2D eigenvalue weighted by Crippen LogP contribution is 2.22. The van der Waals surface area contributed by atoms with Crippen LogP contribution in [0.25, 0.3) is 0 Å². The first-order valence-electron chi connectivity index (χ1n) is 5.55. The first kappa shape index (κ1) is 11.2. The van der Waals surface area contributed by atoms with Gasteiger partial charge in [0.1, 0.15) is 0 Å². The number of hydrogen-bond donors (Lipinski definition) is 1. The fourth-order valence-corrected chi connectivity index (χ4v) is 2.13. The van der Waals surface area contributed by atoms with Crippen LogP contribution in [-0.2, 0) is 0 Å². The number of hydrogen-bond acceptors (Lipinski definition) is 3. The predicted molar refractivity (Wildman–Crippen MR) is 59.2 cm³/mol. The van der Waals surface area contributed by atoms with Gasteiger partial charge in [-0.25, -0.2) is 0 Å². The van der Waals surface area contributed by atoms with Crippen LogP contribution in [0.5, 0.6) is 0 Å². The summed E-state index contributed by atoms with van der Waals surface area (Å²) in [6.07, 6.45) is 3.09.